The van der Waals surface area contributed by atoms with Crippen molar-refractivity contribution >= 4 is 34.7 Å². The summed E-state index contributed by atoms with van der Waals surface area (Å²) in [6, 6.07) is 10.6. The second-order valence-corrected chi connectivity index (χ2v) is 12.2. The van der Waals surface area contributed by atoms with Crippen molar-refractivity contribution in [3.05, 3.63) is 59.9 Å². The van der Waals surface area contributed by atoms with Crippen LogP contribution in [0.2, 0.25) is 0 Å². The lowest BCUT2D eigenvalue weighted by Gasteiger charge is -2.34. The van der Waals surface area contributed by atoms with Crippen molar-refractivity contribution in [2.24, 2.45) is 23.9 Å². The number of nitrogens with zero attached hydrogens (tertiary/aromatic N) is 6. The number of rotatable bonds is 9. The number of nitrogens with one attached hydrogen (secondary N) is 1. The number of carbonyl (C=O) groups excluding carboxylic acids is 1. The maximum Gasteiger partial charge on any atom is 0.254 e. The molecule has 2 aliphatic carbocycles. The summed E-state index contributed by atoms with van der Waals surface area (Å²) in [5.74, 6) is 1.99. The van der Waals surface area contributed by atoms with E-state index in [0.717, 1.165) is 70.7 Å². The van der Waals surface area contributed by atoms with Crippen molar-refractivity contribution in [2.75, 3.05) is 6.54 Å². The summed E-state index contributed by atoms with van der Waals surface area (Å²) in [6.45, 7) is 13.9. The van der Waals surface area contributed by atoms with Gasteiger partial charge in [0.25, 0.3) is 5.91 Å². The van der Waals surface area contributed by atoms with Gasteiger partial charge in [-0.25, -0.2) is 9.97 Å². The SMILES string of the molecule is C=N[C@@H]1[C@@H]2C[C@H](NC(=C)CC)[C@H]1N(C(=O)c1cc(CC)c3c(c1)nc(-c1cc4cccnc4n1CC1CC1)n3C)C2. The van der Waals surface area contributed by atoms with Crippen molar-refractivity contribution in [3.8, 4) is 11.5 Å². The molecule has 1 saturated heterocycles. The summed E-state index contributed by atoms with van der Waals surface area (Å²) in [7, 11) is 2.09. The van der Waals surface area contributed by atoms with Gasteiger partial charge in [0.15, 0.2) is 5.82 Å². The van der Waals surface area contributed by atoms with E-state index in [4.69, 9.17) is 9.97 Å². The second-order valence-electron chi connectivity index (χ2n) is 12.2. The van der Waals surface area contributed by atoms with Crippen molar-refractivity contribution in [2.45, 2.75) is 70.6 Å². The first-order chi connectivity index (χ1) is 19.9. The minimum Gasteiger partial charge on any atom is -0.384 e. The Kier molecular flexibility index (Phi) is 6.25. The van der Waals surface area contributed by atoms with Crippen LogP contribution >= 0.6 is 0 Å². The molecule has 212 valence electrons. The second kappa shape index (κ2) is 9.86. The van der Waals surface area contributed by atoms with Crippen molar-refractivity contribution < 1.29 is 4.79 Å². The number of aromatic nitrogens is 4. The first-order valence-electron chi connectivity index (χ1n) is 15.1. The molecule has 2 saturated carbocycles. The molecular weight excluding hydrogens is 510 g/mol. The fourth-order valence-electron chi connectivity index (χ4n) is 7.31. The summed E-state index contributed by atoms with van der Waals surface area (Å²) in [5, 5.41) is 4.71. The fourth-order valence-corrected chi connectivity index (χ4v) is 7.31. The Labute approximate surface area is 241 Å². The number of allylic oxidation sites excluding steroid dienone is 1. The predicted octanol–water partition coefficient (Wildman–Crippen LogP) is 5.36. The lowest BCUT2D eigenvalue weighted by atomic mass is 10.0. The highest BCUT2D eigenvalue weighted by molar-refractivity contribution is 5.99. The van der Waals surface area contributed by atoms with E-state index in [2.05, 4.69) is 71.8 Å². The highest BCUT2D eigenvalue weighted by atomic mass is 16.2. The van der Waals surface area contributed by atoms with E-state index < -0.39 is 0 Å². The third-order valence-corrected chi connectivity index (χ3v) is 9.58. The molecule has 8 heteroatoms. The van der Waals surface area contributed by atoms with Crippen LogP contribution in [-0.4, -0.2) is 61.3 Å². The smallest absolute Gasteiger partial charge is 0.254 e. The highest BCUT2D eigenvalue weighted by Gasteiger charge is 2.54. The Hall–Kier alpha value is -3.94. The van der Waals surface area contributed by atoms with Gasteiger partial charge in [0.2, 0.25) is 0 Å². The summed E-state index contributed by atoms with van der Waals surface area (Å²) in [5.41, 5.74) is 6.87. The Balaban J connectivity index is 1.28. The van der Waals surface area contributed by atoms with Crippen LogP contribution in [0.3, 0.4) is 0 Å². The van der Waals surface area contributed by atoms with Crippen LogP contribution in [0.15, 0.2) is 53.8 Å². The average Bonchev–Trinajstić information content (AvgIpc) is 3.34. The van der Waals surface area contributed by atoms with Gasteiger partial charge in [0, 0.05) is 54.9 Å². The van der Waals surface area contributed by atoms with Crippen LogP contribution in [0.25, 0.3) is 33.6 Å². The molecule has 0 spiro atoms. The van der Waals surface area contributed by atoms with Gasteiger partial charge < -0.3 is 19.4 Å². The van der Waals surface area contributed by atoms with Crippen LogP contribution in [0.1, 0.15) is 55.5 Å². The molecule has 0 unspecified atom stereocenters. The number of imidazole rings is 1. The van der Waals surface area contributed by atoms with E-state index in [9.17, 15) is 4.79 Å². The topological polar surface area (TPSA) is 80.3 Å². The Bertz CT molecular complexity index is 1690. The fraction of sp³-hybridized carbons (Fsp3) is 0.455. The molecule has 1 N–H and O–H groups in total. The molecule has 1 amide bonds. The van der Waals surface area contributed by atoms with Crippen molar-refractivity contribution in [3.63, 3.8) is 0 Å². The first kappa shape index (κ1) is 26.0. The van der Waals surface area contributed by atoms with Gasteiger partial charge in [-0.15, -0.1) is 0 Å². The minimum atomic E-state index is -0.0148. The Morgan fingerprint density at radius 3 is 2.76 bits per heavy atom. The Morgan fingerprint density at radius 1 is 1.22 bits per heavy atom. The zero-order valence-corrected chi connectivity index (χ0v) is 24.3. The molecule has 3 fully saturated rings. The Morgan fingerprint density at radius 2 is 2.05 bits per heavy atom. The predicted molar refractivity (Wildman–Crippen MR) is 164 cm³/mol. The molecule has 1 aliphatic heterocycles. The first-order valence-corrected chi connectivity index (χ1v) is 15.1. The van der Waals surface area contributed by atoms with Crippen molar-refractivity contribution in [1.29, 1.82) is 0 Å². The third kappa shape index (κ3) is 4.18. The normalized spacial score (nSPS) is 23.5. The number of fused-ring (bicyclic) bond motifs is 4. The highest BCUT2D eigenvalue weighted by Crippen LogP contribution is 2.42. The largest absolute Gasteiger partial charge is 0.384 e. The van der Waals surface area contributed by atoms with Gasteiger partial charge in [0.1, 0.15) is 5.65 Å². The van der Waals surface area contributed by atoms with E-state index in [-0.39, 0.29) is 24.0 Å². The number of pyridine rings is 1. The maximum absolute atomic E-state index is 14.1. The molecule has 3 aliphatic rings. The monoisotopic (exact) mass is 549 g/mol. The molecule has 7 rings (SSSR count). The number of hydrogen-bond acceptors (Lipinski definition) is 5. The number of aliphatic imine (C=N–C) groups is 1. The molecule has 4 aromatic rings. The molecule has 8 nitrogen and oxygen atoms in total. The zero-order valence-electron chi connectivity index (χ0n) is 24.3. The number of aryl methyl sites for hydroxylation is 2. The van der Waals surface area contributed by atoms with Gasteiger partial charge in [-0.3, -0.25) is 9.79 Å². The quantitative estimate of drug-likeness (QED) is 0.285. The van der Waals surface area contributed by atoms with E-state index in [1.165, 1.54) is 12.8 Å². The van der Waals surface area contributed by atoms with E-state index >= 15 is 0 Å². The molecular formula is C33H39N7O. The molecule has 41 heavy (non-hydrogen) atoms. The number of carbonyl (C=O) groups is 1. The molecule has 0 radical (unpaired) electrons. The summed E-state index contributed by atoms with van der Waals surface area (Å²) < 4.78 is 4.54. The zero-order chi connectivity index (χ0) is 28.4. The van der Waals surface area contributed by atoms with Crippen molar-refractivity contribution in [1.82, 2.24) is 29.3 Å². The van der Waals surface area contributed by atoms with E-state index in [1.807, 2.05) is 23.2 Å². The van der Waals surface area contributed by atoms with Crippen LogP contribution in [0.4, 0.5) is 0 Å². The van der Waals surface area contributed by atoms with Crippen LogP contribution in [0.5, 0.6) is 0 Å². The number of hydrogen-bond donors (Lipinski definition) is 1. The average molecular weight is 550 g/mol. The van der Waals surface area contributed by atoms with Gasteiger partial charge >= 0.3 is 0 Å². The lowest BCUT2D eigenvalue weighted by Crippen LogP contribution is -2.51. The molecule has 4 heterocycles. The number of benzene rings is 1. The minimum absolute atomic E-state index is 0.0148. The third-order valence-electron chi connectivity index (χ3n) is 9.58. The molecule has 4 atom stereocenters. The molecule has 1 aromatic carbocycles. The summed E-state index contributed by atoms with van der Waals surface area (Å²) in [6.07, 6.45) is 7.07. The number of amides is 1. The molecule has 2 bridgehead atoms. The lowest BCUT2D eigenvalue weighted by molar-refractivity contribution is 0.0669. The van der Waals surface area contributed by atoms with Gasteiger partial charge in [-0.1, -0.05) is 20.4 Å². The van der Waals surface area contributed by atoms with E-state index in [1.54, 1.807) is 0 Å². The summed E-state index contributed by atoms with van der Waals surface area (Å²) >= 11 is 0. The number of likely N-dealkylation sites (tertiary alicyclic amines) is 1. The number of piperidine rings is 1. The molecule has 3 aromatic heterocycles. The van der Waals surface area contributed by atoms with Gasteiger partial charge in [0.05, 0.1) is 28.8 Å². The summed E-state index contributed by atoms with van der Waals surface area (Å²) in [4.78, 5) is 30.5. The maximum atomic E-state index is 14.1. The van der Waals surface area contributed by atoms with Gasteiger partial charge in [-0.05, 0) is 80.6 Å². The van der Waals surface area contributed by atoms with Crippen LogP contribution in [0, 0.1) is 11.8 Å². The van der Waals surface area contributed by atoms with Gasteiger partial charge in [-0.2, -0.15) is 0 Å². The van der Waals surface area contributed by atoms with Crippen LogP contribution in [-0.2, 0) is 20.0 Å². The standard InChI is InChI=1S/C33H39N7O/c1-6-19(3)36-26-15-24-18-40(30(26)28(24)34-4)33(41)23-13-21(7-2)29-25(14-23)37-32(38(29)5)27-16-22-9-8-12-35-31(22)39(27)17-20-10-11-20/h8-9,12-14,16,20,24,26,28,30,36H,3-4,6-7,10-11,15,17-18H2,1-2,5H3/t24-,26+,28-,30-/m1/s1. The van der Waals surface area contributed by atoms with Crippen LogP contribution < -0.4 is 5.32 Å². The van der Waals surface area contributed by atoms with E-state index in [0.29, 0.717) is 23.9 Å².